The molecule has 2 aromatic carbocycles. The van der Waals surface area contributed by atoms with Crippen molar-refractivity contribution in [1.82, 2.24) is 4.98 Å². The second-order valence-electron chi connectivity index (χ2n) is 10.6. The largest absolute Gasteiger partial charge is 0.490 e. The van der Waals surface area contributed by atoms with E-state index >= 15 is 0 Å². The Morgan fingerprint density at radius 3 is 2.93 bits per heavy atom. The van der Waals surface area contributed by atoms with Gasteiger partial charge in [-0.15, -0.1) is 21.6 Å². The number of hydrogen-bond donors (Lipinski definition) is 0. The number of unbranched alkanes of at least 4 members (excludes halogenated alkanes) is 1. The molecule has 0 bridgehead atoms. The van der Waals surface area contributed by atoms with E-state index in [1.807, 2.05) is 30.3 Å². The number of hydrogen-bond acceptors (Lipinski definition) is 10. The average molecular weight is 598 g/mol. The number of anilines is 1. The van der Waals surface area contributed by atoms with Crippen LogP contribution in [0.4, 0.5) is 16.5 Å². The Labute approximate surface area is 252 Å². The third kappa shape index (κ3) is 6.22. The molecule has 2 aliphatic heterocycles. The third-order valence-electron chi connectivity index (χ3n) is 7.54. The fourth-order valence-electron chi connectivity index (χ4n) is 5.35. The van der Waals surface area contributed by atoms with Gasteiger partial charge in [-0.3, -0.25) is 0 Å². The molecule has 10 heteroatoms. The zero-order valence-corrected chi connectivity index (χ0v) is 25.3. The van der Waals surface area contributed by atoms with Crippen molar-refractivity contribution in [1.29, 1.82) is 5.26 Å². The molecule has 6 rings (SSSR count). The van der Waals surface area contributed by atoms with Gasteiger partial charge in [0.15, 0.2) is 0 Å². The zero-order chi connectivity index (χ0) is 29.1. The summed E-state index contributed by atoms with van der Waals surface area (Å²) in [5.74, 6) is 0.564. The molecule has 0 N–H and O–H groups in total. The first-order chi connectivity index (χ1) is 20.5. The molecule has 8 nitrogen and oxygen atoms in total. The van der Waals surface area contributed by atoms with Gasteiger partial charge in [0.25, 0.3) is 0 Å². The number of rotatable bonds is 8. The van der Waals surface area contributed by atoms with Gasteiger partial charge in [0.1, 0.15) is 28.0 Å². The lowest BCUT2D eigenvalue weighted by Gasteiger charge is -2.27. The van der Waals surface area contributed by atoms with E-state index in [4.69, 9.17) is 9.47 Å². The first-order valence-electron chi connectivity index (χ1n) is 14.3. The summed E-state index contributed by atoms with van der Waals surface area (Å²) >= 11 is 2.81. The number of benzene rings is 2. The van der Waals surface area contributed by atoms with Crippen LogP contribution in [0.5, 0.6) is 11.5 Å². The molecule has 0 radical (unpaired) electrons. The van der Waals surface area contributed by atoms with Gasteiger partial charge in [0, 0.05) is 24.2 Å². The number of azo groups is 1. The van der Waals surface area contributed by atoms with Crippen LogP contribution < -0.4 is 14.4 Å². The summed E-state index contributed by atoms with van der Waals surface area (Å²) in [5, 5.41) is 19.0. The monoisotopic (exact) mass is 597 g/mol. The van der Waals surface area contributed by atoms with Crippen molar-refractivity contribution in [3.8, 4) is 17.6 Å². The molecule has 0 amide bonds. The van der Waals surface area contributed by atoms with Gasteiger partial charge in [0.2, 0.25) is 5.13 Å². The highest BCUT2D eigenvalue weighted by atomic mass is 32.1. The van der Waals surface area contributed by atoms with Crippen molar-refractivity contribution in [2.75, 3.05) is 18.5 Å². The Hall–Kier alpha value is -4.07. The number of nitriles is 1. The molecule has 0 spiro atoms. The topological polar surface area (TPSA) is 100 Å². The van der Waals surface area contributed by atoms with Crippen LogP contribution in [0.25, 0.3) is 15.6 Å². The van der Waals surface area contributed by atoms with E-state index in [9.17, 15) is 10.1 Å². The number of carbonyl (C=O) groups excluding carboxylic acids is 1. The van der Waals surface area contributed by atoms with Gasteiger partial charge in [-0.1, -0.05) is 31.1 Å². The molecule has 4 heterocycles. The number of aryl methyl sites for hydroxylation is 2. The Balaban J connectivity index is 1.11. The molecule has 2 aromatic heterocycles. The first-order valence-corrected chi connectivity index (χ1v) is 15.9. The summed E-state index contributed by atoms with van der Waals surface area (Å²) in [6.45, 7) is 3.25. The molecule has 214 valence electrons. The van der Waals surface area contributed by atoms with Crippen LogP contribution in [0.3, 0.4) is 0 Å². The van der Waals surface area contributed by atoms with E-state index in [0.29, 0.717) is 10.9 Å². The van der Waals surface area contributed by atoms with Gasteiger partial charge >= 0.3 is 5.97 Å². The van der Waals surface area contributed by atoms with Crippen molar-refractivity contribution in [3.63, 3.8) is 0 Å². The summed E-state index contributed by atoms with van der Waals surface area (Å²) in [4.78, 5) is 21.2. The maximum Gasteiger partial charge on any atom is 0.354 e. The van der Waals surface area contributed by atoms with Crippen LogP contribution >= 0.6 is 22.7 Å². The summed E-state index contributed by atoms with van der Waals surface area (Å²) in [6, 6.07) is 15.5. The molecule has 2 aliphatic rings. The Morgan fingerprint density at radius 1 is 1.19 bits per heavy atom. The fourth-order valence-corrected chi connectivity index (χ4v) is 7.34. The van der Waals surface area contributed by atoms with Gasteiger partial charge in [-0.05, 0) is 91.8 Å². The van der Waals surface area contributed by atoms with Crippen molar-refractivity contribution < 1.29 is 14.3 Å². The fraction of sp³-hybridized carbons (Fsp3) is 0.344. The van der Waals surface area contributed by atoms with E-state index < -0.39 is 5.97 Å². The normalized spacial score (nSPS) is 16.6. The molecular formula is C32H31N5O3S2. The van der Waals surface area contributed by atoms with E-state index in [2.05, 4.69) is 46.2 Å². The Bertz CT molecular complexity index is 1700. The number of thiazole rings is 1. The molecule has 4 aromatic rings. The van der Waals surface area contributed by atoms with Crippen LogP contribution in [0.2, 0.25) is 0 Å². The van der Waals surface area contributed by atoms with Gasteiger partial charge < -0.3 is 14.4 Å². The zero-order valence-electron chi connectivity index (χ0n) is 23.6. The van der Waals surface area contributed by atoms with Crippen molar-refractivity contribution >= 4 is 60.8 Å². The van der Waals surface area contributed by atoms with Crippen molar-refractivity contribution in [2.24, 2.45) is 10.2 Å². The Morgan fingerprint density at radius 2 is 2.10 bits per heavy atom. The Kier molecular flexibility index (Phi) is 8.31. The molecule has 0 saturated carbocycles. The predicted molar refractivity (Wildman–Crippen MR) is 168 cm³/mol. The van der Waals surface area contributed by atoms with E-state index in [-0.39, 0.29) is 11.7 Å². The van der Waals surface area contributed by atoms with Crippen molar-refractivity contribution in [2.45, 2.75) is 58.0 Å². The number of esters is 1. The number of nitrogens with zero attached hydrogens (tertiary/aromatic N) is 5. The molecular weight excluding hydrogens is 567 g/mol. The highest BCUT2D eigenvalue weighted by Gasteiger charge is 2.21. The van der Waals surface area contributed by atoms with Crippen molar-refractivity contribution in [3.05, 3.63) is 64.0 Å². The van der Waals surface area contributed by atoms with Gasteiger partial charge in [-0.25, -0.2) is 9.78 Å². The lowest BCUT2D eigenvalue weighted by Crippen LogP contribution is -2.24. The number of carbonyl (C=O) groups is 1. The lowest BCUT2D eigenvalue weighted by atomic mass is 9.99. The standard InChI is InChI=1S/C32H31N5O3S2/c1-3-4-7-24-10-8-21-16-25(11-13-28(21)39-24)40-31(38)22(19-33)17-26-18-29-30(41-26)34-32(42-29)36-35-23-9-12-27-20(15-23)6-5-14-37(27)2/h9,11-13,15-18,24H,3-8,10,14H2,1-2H3/b22-17+,36-35+. The second-order valence-corrected chi connectivity index (χ2v) is 12.7. The minimum atomic E-state index is -0.689. The van der Waals surface area contributed by atoms with Gasteiger partial charge in [0.05, 0.1) is 16.5 Å². The number of fused-ring (bicyclic) bond motifs is 3. The van der Waals surface area contributed by atoms with E-state index in [0.717, 1.165) is 82.9 Å². The maximum absolute atomic E-state index is 12.8. The van der Waals surface area contributed by atoms with Crippen LogP contribution in [0, 0.1) is 11.3 Å². The van der Waals surface area contributed by atoms with Gasteiger partial charge in [-0.2, -0.15) is 5.26 Å². The maximum atomic E-state index is 12.8. The smallest absolute Gasteiger partial charge is 0.354 e. The average Bonchev–Trinajstić information content (AvgIpc) is 3.56. The third-order valence-corrected chi connectivity index (χ3v) is 9.53. The summed E-state index contributed by atoms with van der Waals surface area (Å²) in [7, 11) is 2.11. The number of aromatic nitrogens is 1. The van der Waals surface area contributed by atoms with E-state index in [1.54, 1.807) is 12.1 Å². The predicted octanol–water partition coefficient (Wildman–Crippen LogP) is 8.55. The highest BCUT2D eigenvalue weighted by molar-refractivity contribution is 7.29. The van der Waals surface area contributed by atoms with Crippen LogP contribution in [-0.4, -0.2) is 30.6 Å². The van der Waals surface area contributed by atoms with Crippen LogP contribution in [0.15, 0.2) is 58.3 Å². The summed E-state index contributed by atoms with van der Waals surface area (Å²) < 4.78 is 12.6. The number of ether oxygens (including phenoxy) is 2. The minimum absolute atomic E-state index is 0.0736. The second kappa shape index (κ2) is 12.4. The SMILES string of the molecule is CCCCC1CCc2cc(OC(=O)/C(C#N)=C/c3cc4sc(/N=N/c5ccc6c(c5)CCCN6C)nc4s3)ccc2O1. The molecule has 0 fully saturated rings. The molecule has 42 heavy (non-hydrogen) atoms. The van der Waals surface area contributed by atoms with Crippen LogP contribution in [-0.2, 0) is 17.6 Å². The van der Waals surface area contributed by atoms with Crippen LogP contribution in [0.1, 0.15) is 55.0 Å². The first kappa shape index (κ1) is 28.1. The quantitative estimate of drug-likeness (QED) is 0.0663. The summed E-state index contributed by atoms with van der Waals surface area (Å²) in [5.41, 5.74) is 4.30. The molecule has 0 saturated heterocycles. The lowest BCUT2D eigenvalue weighted by molar-refractivity contribution is -0.129. The number of thiophene rings is 1. The highest BCUT2D eigenvalue weighted by Crippen LogP contribution is 2.37. The summed E-state index contributed by atoms with van der Waals surface area (Å²) in [6.07, 6.45) is 9.15. The van der Waals surface area contributed by atoms with E-state index in [1.165, 1.54) is 33.9 Å². The molecule has 1 atom stereocenters. The molecule has 1 unspecified atom stereocenters. The minimum Gasteiger partial charge on any atom is -0.490 e. The molecule has 0 aliphatic carbocycles.